The molecule has 1 aliphatic carbocycles. The summed E-state index contributed by atoms with van der Waals surface area (Å²) in [6.45, 7) is 7.36. The summed E-state index contributed by atoms with van der Waals surface area (Å²) in [7, 11) is 0. The molecule has 1 unspecified atom stereocenters. The number of carboxylic acid groups (broad SMARTS) is 1. The highest BCUT2D eigenvalue weighted by Crippen LogP contribution is 2.31. The number of carbonyl (C=O) groups is 4. The van der Waals surface area contributed by atoms with Gasteiger partial charge in [-0.1, -0.05) is 72.6 Å². The van der Waals surface area contributed by atoms with Gasteiger partial charge in [0, 0.05) is 18.9 Å². The van der Waals surface area contributed by atoms with Gasteiger partial charge in [-0.2, -0.15) is 0 Å². The van der Waals surface area contributed by atoms with E-state index in [1.54, 1.807) is 20.8 Å². The highest BCUT2D eigenvalue weighted by Gasteiger charge is 2.45. The lowest BCUT2D eigenvalue weighted by Gasteiger charge is -2.35. The largest absolute Gasteiger partial charge is 0.480 e. The summed E-state index contributed by atoms with van der Waals surface area (Å²) in [5.74, 6) is -2.67. The number of likely N-dealkylation sites (tertiary alicyclic amines) is 1. The Balaban J connectivity index is 0.000000700. The van der Waals surface area contributed by atoms with Crippen molar-refractivity contribution in [2.24, 2.45) is 11.3 Å². The number of amides is 3. The van der Waals surface area contributed by atoms with Gasteiger partial charge in [0.25, 0.3) is 5.91 Å². The molecule has 10 nitrogen and oxygen atoms in total. The van der Waals surface area contributed by atoms with Crippen molar-refractivity contribution in [3.05, 3.63) is 24.3 Å². The maximum Gasteiger partial charge on any atom is 0.326 e. The summed E-state index contributed by atoms with van der Waals surface area (Å²) in [6.07, 6.45) is 15.3. The monoisotopic (exact) mass is 517 g/mol. The van der Waals surface area contributed by atoms with Gasteiger partial charge >= 0.3 is 5.97 Å². The van der Waals surface area contributed by atoms with Crippen LogP contribution in [0.15, 0.2) is 18.6 Å². The molecule has 2 fully saturated rings. The standard InChI is InChI=1S/C21H31N5O5.C6H12/c1-5-6-13-7-10-26(16(13)20(30)31)19(29)17(21(2,3)4)25-15(27)12-24-18(28)14-11-22-8-9-23-14;1-2-4-6-5-3-1/h8-9,11,13,16-17H,5-7,10,12H2,1-4H3,(H,24,28)(H,25,27)(H,30,31);1-6H2/t13-,16-,17?;/m0./s1. The smallest absolute Gasteiger partial charge is 0.326 e. The normalized spacial score (nSPS) is 20.3. The number of hydrogen-bond acceptors (Lipinski definition) is 6. The van der Waals surface area contributed by atoms with Gasteiger partial charge in [0.2, 0.25) is 11.8 Å². The molecule has 206 valence electrons. The van der Waals surface area contributed by atoms with Crippen molar-refractivity contribution in [3.63, 3.8) is 0 Å². The Morgan fingerprint density at radius 2 is 1.70 bits per heavy atom. The van der Waals surface area contributed by atoms with Crippen LogP contribution in [0, 0.1) is 11.3 Å². The van der Waals surface area contributed by atoms with E-state index in [1.165, 1.54) is 62.0 Å². The van der Waals surface area contributed by atoms with Crippen LogP contribution in [0.4, 0.5) is 0 Å². The first-order valence-corrected chi connectivity index (χ1v) is 13.4. The molecule has 0 aromatic carbocycles. The molecule has 0 spiro atoms. The molecule has 1 saturated carbocycles. The molecule has 2 heterocycles. The summed E-state index contributed by atoms with van der Waals surface area (Å²) in [4.78, 5) is 58.7. The van der Waals surface area contributed by atoms with Gasteiger partial charge in [-0.25, -0.2) is 9.78 Å². The minimum Gasteiger partial charge on any atom is -0.480 e. The number of nitrogens with one attached hydrogen (secondary N) is 2. The highest BCUT2D eigenvalue weighted by molar-refractivity contribution is 5.96. The third kappa shape index (κ3) is 9.40. The van der Waals surface area contributed by atoms with Crippen molar-refractivity contribution in [1.29, 1.82) is 0 Å². The molecule has 1 aromatic heterocycles. The van der Waals surface area contributed by atoms with Crippen LogP contribution in [0.3, 0.4) is 0 Å². The van der Waals surface area contributed by atoms with Crippen LogP contribution in [0.25, 0.3) is 0 Å². The molecule has 3 amide bonds. The minimum absolute atomic E-state index is 0.0714. The highest BCUT2D eigenvalue weighted by atomic mass is 16.4. The summed E-state index contributed by atoms with van der Waals surface area (Å²) >= 11 is 0. The van der Waals surface area contributed by atoms with E-state index in [0.717, 1.165) is 12.8 Å². The zero-order chi connectivity index (χ0) is 27.4. The van der Waals surface area contributed by atoms with Gasteiger partial charge in [-0.3, -0.25) is 19.4 Å². The maximum absolute atomic E-state index is 13.3. The lowest BCUT2D eigenvalue weighted by molar-refractivity contribution is -0.152. The number of aliphatic carboxylic acids is 1. The van der Waals surface area contributed by atoms with Crippen molar-refractivity contribution in [2.75, 3.05) is 13.1 Å². The summed E-state index contributed by atoms with van der Waals surface area (Å²) in [5, 5.41) is 14.8. The molecule has 1 aliphatic heterocycles. The quantitative estimate of drug-likeness (QED) is 0.481. The Morgan fingerprint density at radius 1 is 1.08 bits per heavy atom. The Hall–Kier alpha value is -3.04. The zero-order valence-electron chi connectivity index (χ0n) is 22.7. The molecule has 3 rings (SSSR count). The predicted octanol–water partition coefficient (Wildman–Crippen LogP) is 3.18. The number of nitrogens with zero attached hydrogens (tertiary/aromatic N) is 3. The van der Waals surface area contributed by atoms with E-state index >= 15 is 0 Å². The van der Waals surface area contributed by atoms with Crippen LogP contribution in [-0.2, 0) is 14.4 Å². The van der Waals surface area contributed by atoms with E-state index in [2.05, 4.69) is 20.6 Å². The molecule has 3 atom stereocenters. The first-order chi connectivity index (χ1) is 17.6. The van der Waals surface area contributed by atoms with E-state index in [1.807, 2.05) is 6.92 Å². The molecule has 1 saturated heterocycles. The Labute approximate surface area is 220 Å². The first-order valence-electron chi connectivity index (χ1n) is 13.4. The first kappa shape index (κ1) is 30.2. The molecule has 0 radical (unpaired) electrons. The van der Waals surface area contributed by atoms with Gasteiger partial charge in [-0.15, -0.1) is 0 Å². The van der Waals surface area contributed by atoms with Crippen LogP contribution in [0.1, 0.15) is 96.0 Å². The second-order valence-corrected chi connectivity index (χ2v) is 10.9. The number of carbonyl (C=O) groups excluding carboxylic acids is 3. The third-order valence-electron chi connectivity index (χ3n) is 6.84. The molecule has 2 aliphatic rings. The van der Waals surface area contributed by atoms with Gasteiger partial charge in [0.1, 0.15) is 17.8 Å². The Kier molecular flexibility index (Phi) is 11.9. The van der Waals surface area contributed by atoms with Crippen molar-refractivity contribution in [1.82, 2.24) is 25.5 Å². The van der Waals surface area contributed by atoms with Gasteiger partial charge in [0.15, 0.2) is 0 Å². The number of hydrogen-bond donors (Lipinski definition) is 3. The molecule has 0 bridgehead atoms. The molecule has 10 heteroatoms. The van der Waals surface area contributed by atoms with E-state index in [0.29, 0.717) is 13.0 Å². The Bertz CT molecular complexity index is 887. The second kappa shape index (κ2) is 14.6. The maximum atomic E-state index is 13.3. The average Bonchev–Trinajstić information content (AvgIpc) is 3.31. The van der Waals surface area contributed by atoms with Gasteiger partial charge < -0.3 is 20.6 Å². The van der Waals surface area contributed by atoms with Gasteiger partial charge in [0.05, 0.1) is 12.7 Å². The third-order valence-corrected chi connectivity index (χ3v) is 6.84. The fourth-order valence-corrected chi connectivity index (χ4v) is 4.87. The van der Waals surface area contributed by atoms with E-state index in [-0.39, 0.29) is 18.2 Å². The van der Waals surface area contributed by atoms with E-state index < -0.39 is 41.2 Å². The number of carboxylic acids is 1. The van der Waals surface area contributed by atoms with Crippen molar-refractivity contribution in [3.8, 4) is 0 Å². The minimum atomic E-state index is -1.03. The Morgan fingerprint density at radius 3 is 2.19 bits per heavy atom. The molecular weight excluding hydrogens is 474 g/mol. The van der Waals surface area contributed by atoms with Crippen LogP contribution in [0.2, 0.25) is 0 Å². The van der Waals surface area contributed by atoms with E-state index in [4.69, 9.17) is 0 Å². The lowest BCUT2D eigenvalue weighted by Crippen LogP contribution is -2.58. The molecular formula is C27H43N5O5. The molecule has 1 aromatic rings. The van der Waals surface area contributed by atoms with E-state index in [9.17, 15) is 24.3 Å². The summed E-state index contributed by atoms with van der Waals surface area (Å²) in [5.41, 5.74) is -0.588. The summed E-state index contributed by atoms with van der Waals surface area (Å²) in [6, 6.07) is -1.83. The fourth-order valence-electron chi connectivity index (χ4n) is 4.87. The van der Waals surface area contributed by atoms with Crippen LogP contribution < -0.4 is 10.6 Å². The zero-order valence-corrected chi connectivity index (χ0v) is 22.7. The van der Waals surface area contributed by atoms with Gasteiger partial charge in [-0.05, 0) is 24.2 Å². The topological polar surface area (TPSA) is 142 Å². The number of aromatic nitrogens is 2. The van der Waals surface area contributed by atoms with Crippen LogP contribution in [0.5, 0.6) is 0 Å². The van der Waals surface area contributed by atoms with Crippen LogP contribution in [-0.4, -0.2) is 68.8 Å². The van der Waals surface area contributed by atoms with Crippen molar-refractivity contribution in [2.45, 2.75) is 97.6 Å². The predicted molar refractivity (Wildman–Crippen MR) is 140 cm³/mol. The van der Waals surface area contributed by atoms with Crippen molar-refractivity contribution < 1.29 is 24.3 Å². The summed E-state index contributed by atoms with van der Waals surface area (Å²) < 4.78 is 0. The second-order valence-electron chi connectivity index (χ2n) is 10.9. The number of rotatable bonds is 8. The average molecular weight is 518 g/mol. The van der Waals surface area contributed by atoms with Crippen LogP contribution >= 0.6 is 0 Å². The fraction of sp³-hybridized carbons (Fsp3) is 0.704. The SMILES string of the molecule is C1CCCCC1.CCC[C@H]1CCN(C(=O)C(NC(=O)CNC(=O)c2cnccn2)C(C)(C)C)[C@@H]1C(=O)O. The molecule has 3 N–H and O–H groups in total. The molecule has 37 heavy (non-hydrogen) atoms. The lowest BCUT2D eigenvalue weighted by atomic mass is 9.85. The van der Waals surface area contributed by atoms with Crippen molar-refractivity contribution >= 4 is 23.7 Å².